The summed E-state index contributed by atoms with van der Waals surface area (Å²) in [5.74, 6) is 0.406. The fourth-order valence-electron chi connectivity index (χ4n) is 4.06. The Kier molecular flexibility index (Phi) is 7.57. The minimum Gasteiger partial charge on any atom is -0.325 e. The summed E-state index contributed by atoms with van der Waals surface area (Å²) in [4.78, 5) is 19.1. The van der Waals surface area contributed by atoms with Crippen molar-refractivity contribution in [1.82, 2.24) is 9.62 Å². The largest absolute Gasteiger partial charge is 0.325 e. The van der Waals surface area contributed by atoms with Crippen LogP contribution in [0.15, 0.2) is 70.6 Å². The van der Waals surface area contributed by atoms with Crippen LogP contribution in [0.2, 0.25) is 0 Å². The van der Waals surface area contributed by atoms with Gasteiger partial charge in [-0.15, -0.1) is 0 Å². The number of hydrogen-bond donors (Lipinski definition) is 2. The first kappa shape index (κ1) is 23.2. The van der Waals surface area contributed by atoms with Crippen molar-refractivity contribution in [3.8, 4) is 0 Å². The van der Waals surface area contributed by atoms with Crippen molar-refractivity contribution < 1.29 is 13.2 Å². The molecule has 0 unspecified atom stereocenters. The second-order valence-electron chi connectivity index (χ2n) is 8.40. The molecule has 0 atom stereocenters. The number of hydrogen-bond acceptors (Lipinski definition) is 5. The number of carbonyl (C=O) groups is 1. The van der Waals surface area contributed by atoms with Crippen LogP contribution in [0.1, 0.15) is 37.7 Å². The van der Waals surface area contributed by atoms with Gasteiger partial charge >= 0.3 is 0 Å². The molecule has 2 N–H and O–H groups in total. The fourth-order valence-corrected chi connectivity index (χ4v) is 5.15. The maximum absolute atomic E-state index is 12.6. The van der Waals surface area contributed by atoms with E-state index in [0.29, 0.717) is 31.0 Å². The Morgan fingerprint density at radius 1 is 0.970 bits per heavy atom. The Hall–Kier alpha value is -2.97. The molecule has 2 aromatic carbocycles. The van der Waals surface area contributed by atoms with Gasteiger partial charge < -0.3 is 5.32 Å². The van der Waals surface area contributed by atoms with Gasteiger partial charge in [0, 0.05) is 31.7 Å². The van der Waals surface area contributed by atoms with E-state index in [-0.39, 0.29) is 10.8 Å². The number of sulfonamides is 1. The maximum atomic E-state index is 12.6. The molecule has 4 rings (SSSR count). The number of amidine groups is 1. The third-order valence-electron chi connectivity index (χ3n) is 5.88. The van der Waals surface area contributed by atoms with Crippen LogP contribution in [0.5, 0.6) is 0 Å². The molecule has 2 aromatic rings. The molecule has 33 heavy (non-hydrogen) atoms. The van der Waals surface area contributed by atoms with Gasteiger partial charge in [-0.05, 0) is 54.7 Å². The predicted molar refractivity (Wildman–Crippen MR) is 132 cm³/mol. The van der Waals surface area contributed by atoms with Gasteiger partial charge in [0.1, 0.15) is 5.84 Å². The first-order chi connectivity index (χ1) is 16.0. The third kappa shape index (κ3) is 6.52. The molecule has 0 spiro atoms. The van der Waals surface area contributed by atoms with E-state index >= 15 is 0 Å². The summed E-state index contributed by atoms with van der Waals surface area (Å²) in [5.41, 5.74) is 3.12. The first-order valence-corrected chi connectivity index (χ1v) is 12.9. The number of benzene rings is 2. The fraction of sp³-hybridized carbons (Fsp3) is 0.360. The van der Waals surface area contributed by atoms with E-state index in [1.54, 1.807) is 12.1 Å². The monoisotopic (exact) mass is 466 g/mol. The standard InChI is InChI=1S/C25H30N4O3S/c30-25(19-29-17-14-21(15-18-29)20-7-3-1-4-8-20)27-22-10-12-23(13-11-22)33(31,32)28-24-9-5-2-6-16-26-24/h1,3-4,7-8,10-14H,2,5-6,9,15-19H2,(H,26,28)(H,27,30). The van der Waals surface area contributed by atoms with E-state index in [1.165, 1.54) is 23.3 Å². The van der Waals surface area contributed by atoms with Crippen LogP contribution in [-0.4, -0.2) is 51.2 Å². The normalized spacial score (nSPS) is 17.5. The summed E-state index contributed by atoms with van der Waals surface area (Å²) in [6.45, 7) is 2.49. The van der Waals surface area contributed by atoms with Crippen molar-refractivity contribution in [2.45, 2.75) is 37.0 Å². The molecule has 0 aliphatic carbocycles. The minimum absolute atomic E-state index is 0.117. The van der Waals surface area contributed by atoms with Gasteiger partial charge in [-0.25, -0.2) is 8.42 Å². The maximum Gasteiger partial charge on any atom is 0.262 e. The van der Waals surface area contributed by atoms with E-state index < -0.39 is 10.0 Å². The van der Waals surface area contributed by atoms with Crippen molar-refractivity contribution in [1.29, 1.82) is 0 Å². The molecule has 2 aliphatic heterocycles. The number of aliphatic imine (C=N–C) groups is 1. The van der Waals surface area contributed by atoms with Gasteiger partial charge in [0.05, 0.1) is 11.4 Å². The Bertz CT molecular complexity index is 1130. The summed E-state index contributed by atoms with van der Waals surface area (Å²) in [6.07, 6.45) is 6.71. The van der Waals surface area contributed by atoms with Crippen LogP contribution in [-0.2, 0) is 14.8 Å². The summed E-state index contributed by atoms with van der Waals surface area (Å²) in [6, 6.07) is 16.5. The molecule has 2 aliphatic rings. The van der Waals surface area contributed by atoms with Crippen molar-refractivity contribution >= 4 is 33.0 Å². The molecular weight excluding hydrogens is 436 g/mol. The topological polar surface area (TPSA) is 90.9 Å². The van der Waals surface area contributed by atoms with Crippen LogP contribution in [0, 0.1) is 0 Å². The van der Waals surface area contributed by atoms with Gasteiger partial charge in [-0.2, -0.15) is 0 Å². The summed E-state index contributed by atoms with van der Waals surface area (Å²) < 4.78 is 27.9. The molecule has 1 amide bonds. The lowest BCUT2D eigenvalue weighted by Crippen LogP contribution is -2.36. The summed E-state index contributed by atoms with van der Waals surface area (Å²) in [5, 5.41) is 2.86. The number of nitrogens with zero attached hydrogens (tertiary/aromatic N) is 2. The van der Waals surface area contributed by atoms with Gasteiger partial charge in [-0.1, -0.05) is 42.8 Å². The van der Waals surface area contributed by atoms with Crippen molar-refractivity contribution in [3.05, 3.63) is 66.2 Å². The molecule has 0 radical (unpaired) electrons. The third-order valence-corrected chi connectivity index (χ3v) is 7.28. The highest BCUT2D eigenvalue weighted by atomic mass is 32.2. The smallest absolute Gasteiger partial charge is 0.262 e. The van der Waals surface area contributed by atoms with Crippen LogP contribution >= 0.6 is 0 Å². The van der Waals surface area contributed by atoms with Crippen LogP contribution in [0.4, 0.5) is 5.69 Å². The molecule has 0 bridgehead atoms. The number of amides is 1. The highest BCUT2D eigenvalue weighted by Gasteiger charge is 2.18. The molecule has 174 valence electrons. The molecular formula is C25H30N4O3S. The second kappa shape index (κ2) is 10.8. The van der Waals surface area contributed by atoms with Gasteiger partial charge in [0.15, 0.2) is 0 Å². The van der Waals surface area contributed by atoms with Crippen molar-refractivity contribution in [2.24, 2.45) is 4.99 Å². The van der Waals surface area contributed by atoms with Crippen LogP contribution in [0.3, 0.4) is 0 Å². The number of anilines is 1. The number of rotatable bonds is 6. The highest BCUT2D eigenvalue weighted by molar-refractivity contribution is 7.90. The zero-order valence-electron chi connectivity index (χ0n) is 18.7. The Labute approximate surface area is 195 Å². The van der Waals surface area contributed by atoms with E-state index in [0.717, 1.165) is 38.8 Å². The summed E-state index contributed by atoms with van der Waals surface area (Å²) in [7, 11) is -3.68. The quantitative estimate of drug-likeness (QED) is 0.680. The zero-order chi connectivity index (χ0) is 23.1. The van der Waals surface area contributed by atoms with E-state index in [1.807, 2.05) is 18.2 Å². The van der Waals surface area contributed by atoms with Crippen LogP contribution in [0.25, 0.3) is 5.57 Å². The molecule has 0 saturated heterocycles. The summed E-state index contributed by atoms with van der Waals surface area (Å²) >= 11 is 0. The van der Waals surface area contributed by atoms with Crippen molar-refractivity contribution in [3.63, 3.8) is 0 Å². The molecule has 0 fully saturated rings. The first-order valence-electron chi connectivity index (χ1n) is 11.4. The van der Waals surface area contributed by atoms with Gasteiger partial charge in [0.2, 0.25) is 5.91 Å². The number of carbonyl (C=O) groups excluding carboxylic acids is 1. The Morgan fingerprint density at radius 2 is 1.76 bits per heavy atom. The van der Waals surface area contributed by atoms with Gasteiger partial charge in [-0.3, -0.25) is 19.4 Å². The van der Waals surface area contributed by atoms with Crippen molar-refractivity contribution in [2.75, 3.05) is 31.5 Å². The average molecular weight is 467 g/mol. The van der Waals surface area contributed by atoms with E-state index in [9.17, 15) is 13.2 Å². The predicted octanol–water partition coefficient (Wildman–Crippen LogP) is 3.67. The van der Waals surface area contributed by atoms with Crippen LogP contribution < -0.4 is 10.0 Å². The zero-order valence-corrected chi connectivity index (χ0v) is 19.5. The molecule has 2 heterocycles. The highest BCUT2D eigenvalue weighted by Crippen LogP contribution is 2.22. The molecule has 0 aromatic heterocycles. The molecule has 7 nitrogen and oxygen atoms in total. The Morgan fingerprint density at radius 3 is 2.48 bits per heavy atom. The molecule has 0 saturated carbocycles. The lowest BCUT2D eigenvalue weighted by atomic mass is 10.00. The second-order valence-corrected chi connectivity index (χ2v) is 10.1. The SMILES string of the molecule is O=C(CN1CC=C(c2ccccc2)CC1)Nc1ccc(S(=O)(=O)NC2=NCCCCC2)cc1. The molecule has 8 heteroatoms. The minimum atomic E-state index is -3.68. The van der Waals surface area contributed by atoms with E-state index in [4.69, 9.17) is 0 Å². The number of nitrogens with one attached hydrogen (secondary N) is 2. The Balaban J connectivity index is 1.29. The lowest BCUT2D eigenvalue weighted by molar-refractivity contribution is -0.117. The lowest BCUT2D eigenvalue weighted by Gasteiger charge is -2.25. The van der Waals surface area contributed by atoms with Gasteiger partial charge in [0.25, 0.3) is 10.0 Å². The van der Waals surface area contributed by atoms with E-state index in [2.05, 4.69) is 38.1 Å². The average Bonchev–Trinajstić information content (AvgIpc) is 3.08.